The van der Waals surface area contributed by atoms with Crippen LogP contribution in [0.2, 0.25) is 0 Å². The smallest absolute Gasteiger partial charge is 0.242 e. The summed E-state index contributed by atoms with van der Waals surface area (Å²) in [6.07, 6.45) is 2.17. The van der Waals surface area contributed by atoms with Crippen molar-refractivity contribution in [2.24, 2.45) is 0 Å². The van der Waals surface area contributed by atoms with Crippen molar-refractivity contribution in [2.45, 2.75) is 38.8 Å². The number of thiophene rings is 1. The molecule has 0 aromatic carbocycles. The Morgan fingerprint density at radius 1 is 1.43 bits per heavy atom. The van der Waals surface area contributed by atoms with Crippen LogP contribution in [0.1, 0.15) is 24.6 Å². The second-order valence-corrected chi connectivity index (χ2v) is 6.61. The summed E-state index contributed by atoms with van der Waals surface area (Å²) in [6, 6.07) is 2.09. The van der Waals surface area contributed by atoms with Gasteiger partial charge in [0.2, 0.25) is 11.9 Å². The Hall–Kier alpha value is -1.89. The largest absolute Gasteiger partial charge is 0.358 e. The monoisotopic (exact) mass is 305 g/mol. The summed E-state index contributed by atoms with van der Waals surface area (Å²) in [5.74, 6) is 1.27. The number of carbonyl (C=O) groups excluding carboxylic acids is 1. The zero-order valence-electron chi connectivity index (χ0n) is 12.4. The summed E-state index contributed by atoms with van der Waals surface area (Å²) < 4.78 is 0. The molecule has 112 valence electrons. The Balaban J connectivity index is 1.85. The Kier molecular flexibility index (Phi) is 3.67. The summed E-state index contributed by atoms with van der Waals surface area (Å²) in [5.41, 5.74) is 0. The third-order valence-electron chi connectivity index (χ3n) is 3.41. The number of nitrogens with zero attached hydrogens (tertiary/aromatic N) is 2. The van der Waals surface area contributed by atoms with Crippen molar-refractivity contribution < 1.29 is 4.79 Å². The highest BCUT2D eigenvalue weighted by Gasteiger charge is 2.26. The molecule has 3 N–H and O–H groups in total. The van der Waals surface area contributed by atoms with E-state index in [9.17, 15) is 4.79 Å². The zero-order valence-corrected chi connectivity index (χ0v) is 13.2. The maximum Gasteiger partial charge on any atom is 0.242 e. The molecule has 1 saturated carbocycles. The van der Waals surface area contributed by atoms with Gasteiger partial charge in [0, 0.05) is 18.0 Å². The van der Waals surface area contributed by atoms with Crippen LogP contribution in [0.25, 0.3) is 10.2 Å². The number of amides is 1. The van der Waals surface area contributed by atoms with Crippen molar-refractivity contribution in [1.82, 2.24) is 15.3 Å². The van der Waals surface area contributed by atoms with Gasteiger partial charge >= 0.3 is 0 Å². The lowest BCUT2D eigenvalue weighted by atomic mass is 10.2. The quantitative estimate of drug-likeness (QED) is 0.788. The molecule has 1 fully saturated rings. The fraction of sp³-hybridized carbons (Fsp3) is 0.500. The highest BCUT2D eigenvalue weighted by molar-refractivity contribution is 7.18. The fourth-order valence-electron chi connectivity index (χ4n) is 2.09. The molecule has 0 radical (unpaired) electrons. The number of carbonyl (C=O) groups is 1. The maximum atomic E-state index is 12.1. The van der Waals surface area contributed by atoms with Crippen LogP contribution in [0.4, 0.5) is 11.8 Å². The van der Waals surface area contributed by atoms with E-state index in [1.807, 2.05) is 19.9 Å². The molecule has 3 rings (SSSR count). The molecular formula is C14H19N5OS. The second-order valence-electron chi connectivity index (χ2n) is 5.37. The van der Waals surface area contributed by atoms with E-state index in [0.717, 1.165) is 23.1 Å². The van der Waals surface area contributed by atoms with Crippen LogP contribution in [0.5, 0.6) is 0 Å². The molecule has 0 spiro atoms. The van der Waals surface area contributed by atoms with E-state index in [1.165, 1.54) is 4.88 Å². The van der Waals surface area contributed by atoms with Crippen molar-refractivity contribution in [3.8, 4) is 0 Å². The van der Waals surface area contributed by atoms with Gasteiger partial charge in [-0.25, -0.2) is 4.98 Å². The lowest BCUT2D eigenvalue weighted by Crippen LogP contribution is -2.38. The topological polar surface area (TPSA) is 78.9 Å². The standard InChI is InChI=1S/C14H19N5OS/c1-7-6-10-11(18-14(15-3)19-13(10)21-7)16-8(2)12(20)17-9-4-5-9/h6,8-9H,4-5H2,1-3H3,(H,17,20)(H2,15,16,18,19). The van der Waals surface area contributed by atoms with E-state index >= 15 is 0 Å². The van der Waals surface area contributed by atoms with Gasteiger partial charge in [-0.05, 0) is 32.8 Å². The summed E-state index contributed by atoms with van der Waals surface area (Å²) >= 11 is 1.62. The number of hydrogen-bond donors (Lipinski definition) is 3. The van der Waals surface area contributed by atoms with E-state index in [2.05, 4.69) is 25.9 Å². The number of hydrogen-bond acceptors (Lipinski definition) is 6. The van der Waals surface area contributed by atoms with Gasteiger partial charge < -0.3 is 16.0 Å². The van der Waals surface area contributed by atoms with E-state index in [0.29, 0.717) is 17.8 Å². The summed E-state index contributed by atoms with van der Waals surface area (Å²) in [7, 11) is 1.79. The van der Waals surface area contributed by atoms with Crippen LogP contribution in [0, 0.1) is 6.92 Å². The molecule has 1 aliphatic carbocycles. The Morgan fingerprint density at radius 2 is 2.19 bits per heavy atom. The van der Waals surface area contributed by atoms with Crippen LogP contribution in [-0.2, 0) is 4.79 Å². The first kappa shape index (κ1) is 14.1. The highest BCUT2D eigenvalue weighted by atomic mass is 32.1. The zero-order chi connectivity index (χ0) is 15.0. The maximum absolute atomic E-state index is 12.1. The first-order chi connectivity index (χ1) is 10.1. The molecule has 0 aliphatic heterocycles. The third-order valence-corrected chi connectivity index (χ3v) is 4.35. The average Bonchev–Trinajstić information content (AvgIpc) is 3.17. The van der Waals surface area contributed by atoms with Crippen molar-refractivity contribution >= 4 is 39.2 Å². The van der Waals surface area contributed by atoms with Crippen LogP contribution >= 0.6 is 11.3 Å². The molecule has 2 aromatic heterocycles. The molecule has 0 bridgehead atoms. The summed E-state index contributed by atoms with van der Waals surface area (Å²) in [4.78, 5) is 23.0. The van der Waals surface area contributed by atoms with Crippen LogP contribution in [0.15, 0.2) is 6.07 Å². The Morgan fingerprint density at radius 3 is 2.86 bits per heavy atom. The van der Waals surface area contributed by atoms with Gasteiger partial charge in [-0.3, -0.25) is 4.79 Å². The molecule has 2 aromatic rings. The van der Waals surface area contributed by atoms with E-state index in [1.54, 1.807) is 18.4 Å². The van der Waals surface area contributed by atoms with E-state index in [4.69, 9.17) is 0 Å². The van der Waals surface area contributed by atoms with Gasteiger partial charge in [-0.15, -0.1) is 11.3 Å². The lowest BCUT2D eigenvalue weighted by molar-refractivity contribution is -0.121. The molecule has 1 aliphatic rings. The highest BCUT2D eigenvalue weighted by Crippen LogP contribution is 2.30. The number of rotatable bonds is 5. The number of anilines is 2. The predicted molar refractivity (Wildman–Crippen MR) is 85.9 cm³/mol. The van der Waals surface area contributed by atoms with Crippen LogP contribution < -0.4 is 16.0 Å². The minimum Gasteiger partial charge on any atom is -0.358 e. The van der Waals surface area contributed by atoms with Gasteiger partial charge in [-0.1, -0.05) is 0 Å². The Labute approximate surface area is 127 Å². The van der Waals surface area contributed by atoms with Gasteiger partial charge in [0.25, 0.3) is 0 Å². The predicted octanol–water partition coefficient (Wildman–Crippen LogP) is 2.12. The molecular weight excluding hydrogens is 286 g/mol. The fourth-order valence-corrected chi connectivity index (χ4v) is 2.97. The van der Waals surface area contributed by atoms with Crippen molar-refractivity contribution in [3.63, 3.8) is 0 Å². The minimum absolute atomic E-state index is 0.0159. The first-order valence-corrected chi connectivity index (χ1v) is 7.91. The molecule has 1 atom stereocenters. The summed E-state index contributed by atoms with van der Waals surface area (Å²) in [6.45, 7) is 3.89. The number of nitrogens with one attached hydrogen (secondary N) is 3. The molecule has 0 saturated heterocycles. The normalized spacial score (nSPS) is 15.8. The number of aryl methyl sites for hydroxylation is 1. The van der Waals surface area contributed by atoms with Gasteiger partial charge in [-0.2, -0.15) is 4.98 Å². The third kappa shape index (κ3) is 3.07. The van der Waals surface area contributed by atoms with Crippen LogP contribution in [-0.4, -0.2) is 35.0 Å². The second kappa shape index (κ2) is 5.48. The molecule has 21 heavy (non-hydrogen) atoms. The molecule has 1 unspecified atom stereocenters. The van der Waals surface area contributed by atoms with E-state index in [-0.39, 0.29) is 11.9 Å². The Bertz CT molecular complexity index is 679. The SMILES string of the molecule is CNc1nc(NC(C)C(=O)NC2CC2)c2cc(C)sc2n1. The van der Waals surface area contributed by atoms with Gasteiger partial charge in [0.05, 0.1) is 5.39 Å². The average molecular weight is 305 g/mol. The lowest BCUT2D eigenvalue weighted by Gasteiger charge is -2.15. The van der Waals surface area contributed by atoms with Crippen molar-refractivity contribution in [3.05, 3.63) is 10.9 Å². The first-order valence-electron chi connectivity index (χ1n) is 7.09. The van der Waals surface area contributed by atoms with E-state index < -0.39 is 0 Å². The van der Waals surface area contributed by atoms with Crippen molar-refractivity contribution in [2.75, 3.05) is 17.7 Å². The number of fused-ring (bicyclic) bond motifs is 1. The van der Waals surface area contributed by atoms with Crippen molar-refractivity contribution in [1.29, 1.82) is 0 Å². The van der Waals surface area contributed by atoms with Gasteiger partial charge in [0.1, 0.15) is 16.7 Å². The van der Waals surface area contributed by atoms with Gasteiger partial charge in [0.15, 0.2) is 0 Å². The molecule has 6 nitrogen and oxygen atoms in total. The molecule has 2 heterocycles. The van der Waals surface area contributed by atoms with Crippen LogP contribution in [0.3, 0.4) is 0 Å². The molecule has 7 heteroatoms. The molecule has 1 amide bonds. The minimum atomic E-state index is -0.325. The number of aromatic nitrogens is 2. The summed E-state index contributed by atoms with van der Waals surface area (Å²) in [5, 5.41) is 10.1.